The molecule has 0 saturated carbocycles. The van der Waals surface area contributed by atoms with Gasteiger partial charge in [0.1, 0.15) is 23.2 Å². The van der Waals surface area contributed by atoms with E-state index in [0.29, 0.717) is 29.3 Å². The normalized spacial score (nSPS) is 10.3. The minimum Gasteiger partial charge on any atom is -0.506 e. The molecule has 0 amide bonds. The van der Waals surface area contributed by atoms with Crippen LogP contribution in [-0.2, 0) is 6.54 Å². The largest absolute Gasteiger partial charge is 0.506 e. The molecule has 120 valence electrons. The third-order valence-electron chi connectivity index (χ3n) is 3.72. The predicted molar refractivity (Wildman–Crippen MR) is 92.9 cm³/mol. The van der Waals surface area contributed by atoms with Gasteiger partial charge in [-0.15, -0.1) is 0 Å². The first-order chi connectivity index (χ1) is 11.6. The van der Waals surface area contributed by atoms with Crippen LogP contribution in [0.5, 0.6) is 5.75 Å². The molecule has 0 fully saturated rings. The number of aromatic nitrogens is 2. The lowest BCUT2D eigenvalue weighted by Crippen LogP contribution is -2.07. The molecule has 3 aromatic rings. The number of rotatable bonds is 4. The fraction of sp³-hybridized carbons (Fsp3) is 0.111. The Morgan fingerprint density at radius 2 is 2.00 bits per heavy atom. The Kier molecular flexibility index (Phi) is 4.08. The monoisotopic (exact) mass is 319 g/mol. The van der Waals surface area contributed by atoms with Gasteiger partial charge in [-0.1, -0.05) is 24.3 Å². The number of nitrogen functional groups attached to an aromatic ring is 1. The Labute approximate surface area is 139 Å². The Bertz CT molecular complexity index is 909. The van der Waals surface area contributed by atoms with Gasteiger partial charge in [-0.3, -0.25) is 0 Å². The number of phenolic OH excluding ortho intramolecular Hbond substituents is 1. The quantitative estimate of drug-likeness (QED) is 0.507. The molecule has 24 heavy (non-hydrogen) atoms. The Balaban J connectivity index is 1.94. The van der Waals surface area contributed by atoms with Gasteiger partial charge in [0.25, 0.3) is 0 Å². The number of phenols is 1. The number of aromatic hydroxyl groups is 1. The van der Waals surface area contributed by atoms with E-state index in [-0.39, 0.29) is 5.75 Å². The van der Waals surface area contributed by atoms with E-state index in [9.17, 15) is 10.4 Å². The molecule has 0 spiro atoms. The molecule has 1 heterocycles. The van der Waals surface area contributed by atoms with Gasteiger partial charge in [-0.2, -0.15) is 10.4 Å². The van der Waals surface area contributed by atoms with Crippen LogP contribution in [0.15, 0.2) is 48.5 Å². The number of para-hydroxylation sites is 1. The molecule has 6 nitrogen and oxygen atoms in total. The van der Waals surface area contributed by atoms with Gasteiger partial charge in [-0.05, 0) is 36.8 Å². The second kappa shape index (κ2) is 6.34. The topological polar surface area (TPSA) is 99.9 Å². The molecular formula is C18H17N5O. The predicted octanol–water partition coefficient (Wildman–Crippen LogP) is 2.95. The van der Waals surface area contributed by atoms with Crippen LogP contribution in [0.1, 0.15) is 16.8 Å². The van der Waals surface area contributed by atoms with E-state index in [0.717, 1.165) is 11.3 Å². The van der Waals surface area contributed by atoms with E-state index in [4.69, 9.17) is 5.73 Å². The summed E-state index contributed by atoms with van der Waals surface area (Å²) >= 11 is 0. The fourth-order valence-corrected chi connectivity index (χ4v) is 2.48. The van der Waals surface area contributed by atoms with E-state index >= 15 is 0 Å². The van der Waals surface area contributed by atoms with Crippen molar-refractivity contribution in [3.63, 3.8) is 0 Å². The van der Waals surface area contributed by atoms with Crippen LogP contribution in [0.25, 0.3) is 5.69 Å². The number of nitriles is 1. The summed E-state index contributed by atoms with van der Waals surface area (Å²) in [4.78, 5) is 0. The molecule has 2 aromatic carbocycles. The lowest BCUT2D eigenvalue weighted by atomic mass is 10.2. The van der Waals surface area contributed by atoms with Gasteiger partial charge in [-0.25, -0.2) is 4.68 Å². The van der Waals surface area contributed by atoms with E-state index in [1.165, 1.54) is 0 Å². The molecule has 3 rings (SSSR count). The fourth-order valence-electron chi connectivity index (χ4n) is 2.48. The van der Waals surface area contributed by atoms with Crippen molar-refractivity contribution in [2.24, 2.45) is 0 Å². The average molecular weight is 319 g/mol. The highest BCUT2D eigenvalue weighted by Crippen LogP contribution is 2.25. The summed E-state index contributed by atoms with van der Waals surface area (Å²) in [7, 11) is 0. The molecule has 0 unspecified atom stereocenters. The Morgan fingerprint density at radius 3 is 2.67 bits per heavy atom. The number of hydrogen-bond donors (Lipinski definition) is 3. The minimum atomic E-state index is 0.0571. The summed E-state index contributed by atoms with van der Waals surface area (Å²) in [6.07, 6.45) is 0. The second-order valence-electron chi connectivity index (χ2n) is 5.41. The second-order valence-corrected chi connectivity index (χ2v) is 5.41. The van der Waals surface area contributed by atoms with Crippen molar-refractivity contribution in [1.82, 2.24) is 9.78 Å². The molecule has 1 aromatic heterocycles. The van der Waals surface area contributed by atoms with Crippen LogP contribution in [-0.4, -0.2) is 14.9 Å². The first-order valence-corrected chi connectivity index (χ1v) is 7.46. The molecule has 4 N–H and O–H groups in total. The zero-order valence-corrected chi connectivity index (χ0v) is 13.2. The molecular weight excluding hydrogens is 302 g/mol. The number of nitrogens with two attached hydrogens (primary N) is 1. The first-order valence-electron chi connectivity index (χ1n) is 7.46. The first kappa shape index (κ1) is 15.4. The summed E-state index contributed by atoms with van der Waals surface area (Å²) in [6.45, 7) is 2.26. The van der Waals surface area contributed by atoms with Crippen LogP contribution in [0, 0.1) is 18.3 Å². The third-order valence-corrected chi connectivity index (χ3v) is 3.72. The maximum atomic E-state index is 9.50. The van der Waals surface area contributed by atoms with Crippen molar-refractivity contribution in [2.45, 2.75) is 13.5 Å². The highest BCUT2D eigenvalue weighted by atomic mass is 16.3. The maximum Gasteiger partial charge on any atom is 0.148 e. The lowest BCUT2D eigenvalue weighted by Gasteiger charge is -2.11. The number of aryl methyl sites for hydroxylation is 1. The molecule has 0 saturated heterocycles. The standard InChI is InChI=1S/C18H17N5O/c1-12-15(10-19)18(23(22-12)14-5-3-2-4-6-14)21-11-13-7-8-17(24)16(20)9-13/h2-9,21,24H,11,20H2,1H3. The van der Waals surface area contributed by atoms with Gasteiger partial charge in [0.05, 0.1) is 17.1 Å². The Hall–Kier alpha value is -3.46. The van der Waals surface area contributed by atoms with Crippen molar-refractivity contribution < 1.29 is 5.11 Å². The van der Waals surface area contributed by atoms with Crippen molar-refractivity contribution in [3.8, 4) is 17.5 Å². The molecule has 0 aliphatic heterocycles. The van der Waals surface area contributed by atoms with Crippen LogP contribution in [0.3, 0.4) is 0 Å². The lowest BCUT2D eigenvalue weighted by molar-refractivity contribution is 0.478. The van der Waals surface area contributed by atoms with Gasteiger partial charge >= 0.3 is 0 Å². The molecule has 0 bridgehead atoms. The van der Waals surface area contributed by atoms with Crippen molar-refractivity contribution >= 4 is 11.5 Å². The van der Waals surface area contributed by atoms with E-state index in [2.05, 4.69) is 16.5 Å². The number of anilines is 2. The summed E-state index contributed by atoms with van der Waals surface area (Å²) in [6, 6.07) is 16.9. The summed E-state index contributed by atoms with van der Waals surface area (Å²) in [5.41, 5.74) is 8.98. The Morgan fingerprint density at radius 1 is 1.25 bits per heavy atom. The maximum absolute atomic E-state index is 9.50. The van der Waals surface area contributed by atoms with Crippen LogP contribution >= 0.6 is 0 Å². The van der Waals surface area contributed by atoms with Crippen LogP contribution in [0.4, 0.5) is 11.5 Å². The van der Waals surface area contributed by atoms with E-state index < -0.39 is 0 Å². The molecule has 6 heteroatoms. The van der Waals surface area contributed by atoms with Gasteiger partial charge in [0, 0.05) is 6.54 Å². The number of benzene rings is 2. The average Bonchev–Trinajstić information content (AvgIpc) is 2.92. The number of nitrogens with zero attached hydrogens (tertiary/aromatic N) is 3. The molecule has 0 aliphatic carbocycles. The number of hydrogen-bond acceptors (Lipinski definition) is 5. The zero-order chi connectivity index (χ0) is 17.1. The summed E-state index contributed by atoms with van der Waals surface area (Å²) < 4.78 is 1.72. The van der Waals surface area contributed by atoms with Gasteiger partial charge in [0.15, 0.2) is 0 Å². The summed E-state index contributed by atoms with van der Waals surface area (Å²) in [5.74, 6) is 0.689. The number of nitrogens with one attached hydrogen (secondary N) is 1. The van der Waals surface area contributed by atoms with Crippen LogP contribution in [0.2, 0.25) is 0 Å². The van der Waals surface area contributed by atoms with Gasteiger partial charge in [0.2, 0.25) is 0 Å². The molecule has 0 aliphatic rings. The summed E-state index contributed by atoms with van der Waals surface area (Å²) in [5, 5.41) is 26.7. The van der Waals surface area contributed by atoms with Gasteiger partial charge < -0.3 is 16.2 Å². The minimum absolute atomic E-state index is 0.0571. The highest BCUT2D eigenvalue weighted by molar-refractivity contribution is 5.60. The van der Waals surface area contributed by atoms with E-state index in [1.807, 2.05) is 37.3 Å². The van der Waals surface area contributed by atoms with Crippen LogP contribution < -0.4 is 11.1 Å². The SMILES string of the molecule is Cc1nn(-c2ccccc2)c(NCc2ccc(O)c(N)c2)c1C#N. The van der Waals surface area contributed by atoms with E-state index in [1.54, 1.807) is 22.9 Å². The van der Waals surface area contributed by atoms with Crippen molar-refractivity contribution in [2.75, 3.05) is 11.1 Å². The third kappa shape index (κ3) is 2.88. The van der Waals surface area contributed by atoms with Crippen molar-refractivity contribution in [1.29, 1.82) is 5.26 Å². The smallest absolute Gasteiger partial charge is 0.148 e. The van der Waals surface area contributed by atoms with Crippen molar-refractivity contribution in [3.05, 3.63) is 65.4 Å². The molecule has 0 atom stereocenters. The zero-order valence-electron chi connectivity index (χ0n) is 13.2. The highest BCUT2D eigenvalue weighted by Gasteiger charge is 2.16. The molecule has 0 radical (unpaired) electrons.